The largest absolute Gasteiger partial charge is 0.508 e. The number of hydrogen-bond donors (Lipinski definition) is 3. The molecule has 0 saturated carbocycles. The molecule has 10 heteroatoms. The monoisotopic (exact) mass is 517 g/mol. The van der Waals surface area contributed by atoms with Crippen LogP contribution < -0.4 is 15.8 Å². The van der Waals surface area contributed by atoms with Crippen LogP contribution >= 0.6 is 0 Å². The lowest BCUT2D eigenvalue weighted by molar-refractivity contribution is 0.465. The summed E-state index contributed by atoms with van der Waals surface area (Å²) in [5, 5.41) is 23.2. The summed E-state index contributed by atoms with van der Waals surface area (Å²) >= 11 is 0. The van der Waals surface area contributed by atoms with Gasteiger partial charge in [-0.25, -0.2) is 19.3 Å². The van der Waals surface area contributed by atoms with Crippen LogP contribution in [0.2, 0.25) is 0 Å². The molecule has 6 aromatic rings. The fourth-order valence-electron chi connectivity index (χ4n) is 4.14. The number of phenolic OH excluding ortho intramolecular Hbond substituents is 1. The zero-order valence-corrected chi connectivity index (χ0v) is 20.3. The van der Waals surface area contributed by atoms with Crippen LogP contribution in [0, 0.1) is 5.82 Å². The Morgan fingerprint density at radius 3 is 2.44 bits per heavy atom. The molecule has 0 fully saturated rings. The fourth-order valence-corrected chi connectivity index (χ4v) is 4.14. The molecule has 0 unspecified atom stereocenters. The maximum absolute atomic E-state index is 14.5. The number of fused-ring (bicyclic) bond motifs is 1. The molecule has 39 heavy (non-hydrogen) atoms. The third-order valence-electron chi connectivity index (χ3n) is 5.95. The summed E-state index contributed by atoms with van der Waals surface area (Å²) in [7, 11) is 0. The van der Waals surface area contributed by atoms with E-state index < -0.39 is 5.82 Å². The van der Waals surface area contributed by atoms with Gasteiger partial charge in [-0.2, -0.15) is 0 Å². The lowest BCUT2D eigenvalue weighted by Gasteiger charge is -2.13. The Balaban J connectivity index is 1.27. The summed E-state index contributed by atoms with van der Waals surface area (Å²) in [6.45, 7) is 0. The molecule has 0 atom stereocenters. The normalized spacial score (nSPS) is 10.9. The predicted molar refractivity (Wildman–Crippen MR) is 146 cm³/mol. The number of phenols is 1. The zero-order chi connectivity index (χ0) is 26.8. The quantitative estimate of drug-likeness (QED) is 0.239. The van der Waals surface area contributed by atoms with Gasteiger partial charge in [-0.1, -0.05) is 24.3 Å². The number of aromatic nitrogens is 5. The van der Waals surface area contributed by atoms with Crippen LogP contribution in [0.5, 0.6) is 17.4 Å². The summed E-state index contributed by atoms with van der Waals surface area (Å²) in [6.07, 6.45) is 3.21. The van der Waals surface area contributed by atoms with Gasteiger partial charge in [-0.3, -0.25) is 0 Å². The Bertz CT molecular complexity index is 1810. The molecule has 4 N–H and O–H groups in total. The van der Waals surface area contributed by atoms with Gasteiger partial charge in [0.25, 0.3) is 0 Å². The molecule has 0 aliphatic heterocycles. The van der Waals surface area contributed by atoms with E-state index in [9.17, 15) is 9.50 Å². The molecule has 0 amide bonds. The molecule has 0 saturated heterocycles. The lowest BCUT2D eigenvalue weighted by Crippen LogP contribution is -2.00. The molecule has 0 spiro atoms. The van der Waals surface area contributed by atoms with Gasteiger partial charge >= 0.3 is 0 Å². The number of benzene rings is 3. The van der Waals surface area contributed by atoms with E-state index in [0.29, 0.717) is 39.8 Å². The Morgan fingerprint density at radius 2 is 1.62 bits per heavy atom. The summed E-state index contributed by atoms with van der Waals surface area (Å²) in [4.78, 5) is 12.5. The van der Waals surface area contributed by atoms with E-state index in [-0.39, 0.29) is 17.3 Å². The summed E-state index contributed by atoms with van der Waals surface area (Å²) in [6, 6.07) is 23.9. The van der Waals surface area contributed by atoms with Crippen LogP contribution in [0.4, 0.5) is 21.8 Å². The summed E-state index contributed by atoms with van der Waals surface area (Å²) in [5.41, 5.74) is 8.26. The van der Waals surface area contributed by atoms with Crippen LogP contribution in [-0.2, 0) is 0 Å². The second-order valence-corrected chi connectivity index (χ2v) is 8.51. The first-order chi connectivity index (χ1) is 19.0. The highest BCUT2D eigenvalue weighted by Crippen LogP contribution is 2.35. The number of ether oxygens (including phenoxy) is 1. The number of aromatic hydroxyl groups is 1. The van der Waals surface area contributed by atoms with Gasteiger partial charge in [-0.15, -0.1) is 10.2 Å². The highest BCUT2D eigenvalue weighted by atomic mass is 19.1. The first-order valence-electron chi connectivity index (χ1n) is 11.9. The highest BCUT2D eigenvalue weighted by Gasteiger charge is 2.15. The Kier molecular flexibility index (Phi) is 6.10. The van der Waals surface area contributed by atoms with E-state index in [1.54, 1.807) is 36.7 Å². The number of nitrogen functional groups attached to an aromatic ring is 1. The second kappa shape index (κ2) is 10.0. The molecular formula is C29H20FN7O2. The average molecular weight is 518 g/mol. The number of nitrogens with two attached hydrogens (primary N) is 1. The third-order valence-corrected chi connectivity index (χ3v) is 5.95. The topological polar surface area (TPSA) is 132 Å². The fraction of sp³-hybridized carbons (Fsp3) is 0. The van der Waals surface area contributed by atoms with Crippen molar-refractivity contribution in [1.29, 1.82) is 0 Å². The van der Waals surface area contributed by atoms with E-state index in [1.165, 1.54) is 18.2 Å². The van der Waals surface area contributed by atoms with Crippen molar-refractivity contribution in [2.75, 3.05) is 11.1 Å². The molecule has 0 bridgehead atoms. The number of rotatable bonds is 6. The Labute approximate surface area is 221 Å². The third kappa shape index (κ3) is 4.86. The molecule has 0 aliphatic rings. The zero-order valence-electron chi connectivity index (χ0n) is 20.3. The second-order valence-electron chi connectivity index (χ2n) is 8.51. The van der Waals surface area contributed by atoms with Crippen molar-refractivity contribution < 1.29 is 14.2 Å². The maximum Gasteiger partial charge on any atom is 0.228 e. The standard InChI is InChI=1S/C29H20FN7O2/c30-24-12-9-18(38)16-23(24)26-20-4-1-2-5-21(20)27(37-36-26)34-17-7-10-19(11-8-17)39-28-22(6-3-14-32-28)25-13-15-33-29(31)35-25/h1-16,38H,(H,34,37)(H2,31,33,35). The predicted octanol–water partition coefficient (Wildman–Crippen LogP) is 6.11. The minimum atomic E-state index is -0.497. The molecule has 6 rings (SSSR count). The van der Waals surface area contributed by atoms with Crippen molar-refractivity contribution in [3.8, 4) is 39.9 Å². The lowest BCUT2D eigenvalue weighted by atomic mass is 10.0. The number of pyridine rings is 1. The van der Waals surface area contributed by atoms with Gasteiger partial charge in [0.1, 0.15) is 23.0 Å². The first-order valence-corrected chi connectivity index (χ1v) is 11.9. The number of anilines is 3. The average Bonchev–Trinajstić information content (AvgIpc) is 2.96. The Morgan fingerprint density at radius 1 is 0.795 bits per heavy atom. The molecule has 0 aliphatic carbocycles. The van der Waals surface area contributed by atoms with Crippen LogP contribution in [0.1, 0.15) is 0 Å². The smallest absolute Gasteiger partial charge is 0.228 e. The number of nitrogens with one attached hydrogen (secondary N) is 1. The van der Waals surface area contributed by atoms with Crippen molar-refractivity contribution in [3.05, 3.63) is 103 Å². The van der Waals surface area contributed by atoms with Crippen molar-refractivity contribution in [2.45, 2.75) is 0 Å². The molecule has 3 aromatic carbocycles. The van der Waals surface area contributed by atoms with E-state index >= 15 is 0 Å². The summed E-state index contributed by atoms with van der Waals surface area (Å²) < 4.78 is 20.6. The minimum Gasteiger partial charge on any atom is -0.508 e. The van der Waals surface area contributed by atoms with Gasteiger partial charge < -0.3 is 20.9 Å². The maximum atomic E-state index is 14.5. The number of hydrogen-bond acceptors (Lipinski definition) is 9. The van der Waals surface area contributed by atoms with E-state index in [4.69, 9.17) is 10.5 Å². The van der Waals surface area contributed by atoms with E-state index in [0.717, 1.165) is 11.1 Å². The molecule has 0 radical (unpaired) electrons. The molecule has 3 heterocycles. The van der Waals surface area contributed by atoms with E-state index in [1.807, 2.05) is 42.5 Å². The van der Waals surface area contributed by atoms with Gasteiger partial charge in [0.2, 0.25) is 11.8 Å². The highest BCUT2D eigenvalue weighted by molar-refractivity contribution is 6.01. The van der Waals surface area contributed by atoms with Gasteiger partial charge in [-0.05, 0) is 60.7 Å². The minimum absolute atomic E-state index is 0.0548. The van der Waals surface area contributed by atoms with E-state index in [2.05, 4.69) is 30.5 Å². The van der Waals surface area contributed by atoms with Crippen LogP contribution in [0.3, 0.4) is 0 Å². The first kappa shape index (κ1) is 23.7. The van der Waals surface area contributed by atoms with Crippen molar-refractivity contribution in [3.63, 3.8) is 0 Å². The van der Waals surface area contributed by atoms with Crippen molar-refractivity contribution in [1.82, 2.24) is 25.1 Å². The van der Waals surface area contributed by atoms with Gasteiger partial charge in [0.15, 0.2) is 5.82 Å². The molecule has 9 nitrogen and oxygen atoms in total. The van der Waals surface area contributed by atoms with Gasteiger partial charge in [0, 0.05) is 34.4 Å². The molecular weight excluding hydrogens is 497 g/mol. The number of nitrogens with zero attached hydrogens (tertiary/aromatic N) is 5. The van der Waals surface area contributed by atoms with Crippen LogP contribution in [0.15, 0.2) is 97.3 Å². The molecule has 190 valence electrons. The van der Waals surface area contributed by atoms with Crippen molar-refractivity contribution in [2.24, 2.45) is 0 Å². The van der Waals surface area contributed by atoms with Crippen LogP contribution in [0.25, 0.3) is 33.3 Å². The Hall–Kier alpha value is -5.64. The van der Waals surface area contributed by atoms with Crippen LogP contribution in [-0.4, -0.2) is 30.3 Å². The summed E-state index contributed by atoms with van der Waals surface area (Å²) in [5.74, 6) is 1.05. The SMILES string of the molecule is Nc1nccc(-c2cccnc2Oc2ccc(Nc3nnc(-c4cc(O)ccc4F)c4ccccc34)cc2)n1. The van der Waals surface area contributed by atoms with Gasteiger partial charge in [0.05, 0.1) is 11.3 Å². The number of halogens is 1. The van der Waals surface area contributed by atoms with Crippen molar-refractivity contribution >= 4 is 28.2 Å². The molecule has 3 aromatic heterocycles.